The van der Waals surface area contributed by atoms with Crippen LogP contribution in [0, 0.1) is 19.8 Å². The summed E-state index contributed by atoms with van der Waals surface area (Å²) in [6.07, 6.45) is 6.90. The van der Waals surface area contributed by atoms with Gasteiger partial charge in [-0.15, -0.1) is 5.10 Å². The Bertz CT molecular complexity index is 1130. The Balaban J connectivity index is 1.66. The molecule has 164 valence electrons. The molecule has 1 saturated carbocycles. The summed E-state index contributed by atoms with van der Waals surface area (Å²) in [6, 6.07) is 6.45. The molecule has 2 aliphatic rings. The number of nitrogens with one attached hydrogen (secondary N) is 1. The average molecular weight is 421 g/mol. The van der Waals surface area contributed by atoms with Crippen LogP contribution < -0.4 is 5.56 Å². The predicted molar refractivity (Wildman–Crippen MR) is 121 cm³/mol. The van der Waals surface area contributed by atoms with Gasteiger partial charge in [0.15, 0.2) is 5.82 Å². The first-order valence-electron chi connectivity index (χ1n) is 11.7. The van der Waals surface area contributed by atoms with Gasteiger partial charge in [0.2, 0.25) is 0 Å². The van der Waals surface area contributed by atoms with Gasteiger partial charge in [0.25, 0.3) is 5.56 Å². The zero-order chi connectivity index (χ0) is 21.5. The van der Waals surface area contributed by atoms with Crippen molar-refractivity contribution in [2.75, 3.05) is 13.1 Å². The van der Waals surface area contributed by atoms with Crippen LogP contribution in [0.15, 0.2) is 23.0 Å². The number of benzene rings is 1. The molecule has 1 saturated heterocycles. The van der Waals surface area contributed by atoms with E-state index in [9.17, 15) is 4.79 Å². The molecule has 0 spiro atoms. The highest BCUT2D eigenvalue weighted by Gasteiger charge is 2.34. The molecule has 2 fully saturated rings. The van der Waals surface area contributed by atoms with E-state index in [0.29, 0.717) is 12.0 Å². The van der Waals surface area contributed by atoms with Crippen molar-refractivity contribution in [1.29, 1.82) is 0 Å². The Morgan fingerprint density at radius 2 is 1.81 bits per heavy atom. The fourth-order valence-electron chi connectivity index (χ4n) is 5.48. The van der Waals surface area contributed by atoms with Gasteiger partial charge in [-0.25, -0.2) is 4.68 Å². The first-order valence-corrected chi connectivity index (χ1v) is 11.7. The van der Waals surface area contributed by atoms with Gasteiger partial charge in [-0.05, 0) is 92.0 Å². The second-order valence-corrected chi connectivity index (χ2v) is 9.64. The van der Waals surface area contributed by atoms with E-state index in [2.05, 4.69) is 64.4 Å². The van der Waals surface area contributed by atoms with E-state index in [1.54, 1.807) is 0 Å². The number of aromatic nitrogens is 5. The van der Waals surface area contributed by atoms with E-state index in [0.717, 1.165) is 66.6 Å². The maximum Gasteiger partial charge on any atom is 0.253 e. The van der Waals surface area contributed by atoms with E-state index in [-0.39, 0.29) is 11.6 Å². The zero-order valence-electron chi connectivity index (χ0n) is 18.8. The Kier molecular flexibility index (Phi) is 5.38. The van der Waals surface area contributed by atoms with Crippen molar-refractivity contribution in [3.05, 3.63) is 51.1 Å². The minimum absolute atomic E-state index is 0.0379. The third-order valence-corrected chi connectivity index (χ3v) is 7.23. The molecule has 5 rings (SSSR count). The Morgan fingerprint density at radius 1 is 1.06 bits per heavy atom. The molecule has 1 aliphatic heterocycles. The minimum Gasteiger partial charge on any atom is -0.321 e. The van der Waals surface area contributed by atoms with Gasteiger partial charge >= 0.3 is 0 Å². The van der Waals surface area contributed by atoms with E-state index in [1.807, 2.05) is 4.68 Å². The molecule has 0 radical (unpaired) electrons. The van der Waals surface area contributed by atoms with Gasteiger partial charge in [-0.2, -0.15) is 0 Å². The minimum atomic E-state index is -0.225. The Hall–Kier alpha value is -2.54. The van der Waals surface area contributed by atoms with Crippen LogP contribution in [0.2, 0.25) is 0 Å². The Morgan fingerprint density at radius 3 is 2.55 bits per heavy atom. The molecule has 1 atom stereocenters. The molecule has 1 N–H and O–H groups in total. The van der Waals surface area contributed by atoms with Crippen molar-refractivity contribution in [1.82, 2.24) is 30.1 Å². The summed E-state index contributed by atoms with van der Waals surface area (Å²) in [6.45, 7) is 8.36. The third-order valence-electron chi connectivity index (χ3n) is 7.23. The highest BCUT2D eigenvalue weighted by Crippen LogP contribution is 2.35. The molecule has 31 heavy (non-hydrogen) atoms. The molecule has 0 amide bonds. The summed E-state index contributed by atoms with van der Waals surface area (Å²) in [7, 11) is 0. The number of hydrogen-bond donors (Lipinski definition) is 1. The molecule has 0 bridgehead atoms. The van der Waals surface area contributed by atoms with Crippen LogP contribution in [0.1, 0.15) is 80.0 Å². The van der Waals surface area contributed by atoms with Crippen molar-refractivity contribution < 1.29 is 0 Å². The number of piperidine rings is 1. The van der Waals surface area contributed by atoms with Crippen LogP contribution in [0.3, 0.4) is 0 Å². The van der Waals surface area contributed by atoms with Crippen molar-refractivity contribution in [2.24, 2.45) is 5.92 Å². The molecule has 7 heteroatoms. The van der Waals surface area contributed by atoms with E-state index in [1.165, 1.54) is 18.4 Å². The standard InChI is InChI=1S/C24H32N6O/c1-15-8-10-29(11-9-15)22(23-26-27-28-30(23)19-6-4-5-7-19)20-14-18-13-16(2)12-17(3)21(18)25-24(20)31/h12-15,19,22H,4-11H2,1-3H3,(H,25,31). The zero-order valence-corrected chi connectivity index (χ0v) is 18.8. The molecule has 1 aliphatic carbocycles. The molecule has 3 heterocycles. The number of aryl methyl sites for hydroxylation is 2. The average Bonchev–Trinajstić information content (AvgIpc) is 3.42. The molecule has 3 aromatic rings. The number of fused-ring (bicyclic) bond motifs is 1. The molecular weight excluding hydrogens is 388 g/mol. The molecular formula is C24H32N6O. The van der Waals surface area contributed by atoms with Crippen molar-refractivity contribution in [3.8, 4) is 0 Å². The monoisotopic (exact) mass is 420 g/mol. The second-order valence-electron chi connectivity index (χ2n) is 9.64. The Labute approximate surface area is 182 Å². The van der Waals surface area contributed by atoms with Crippen LogP contribution in [0.5, 0.6) is 0 Å². The van der Waals surface area contributed by atoms with Crippen LogP contribution in [-0.4, -0.2) is 43.2 Å². The van der Waals surface area contributed by atoms with Crippen LogP contribution >= 0.6 is 0 Å². The number of rotatable bonds is 4. The van der Waals surface area contributed by atoms with Crippen molar-refractivity contribution in [3.63, 3.8) is 0 Å². The van der Waals surface area contributed by atoms with Gasteiger partial charge < -0.3 is 4.98 Å². The lowest BCUT2D eigenvalue weighted by atomic mass is 9.95. The molecule has 2 aromatic heterocycles. The van der Waals surface area contributed by atoms with Gasteiger partial charge in [0.1, 0.15) is 6.04 Å². The number of pyridine rings is 1. The van der Waals surface area contributed by atoms with Crippen LogP contribution in [-0.2, 0) is 0 Å². The maximum atomic E-state index is 13.4. The number of nitrogens with zero attached hydrogens (tertiary/aromatic N) is 5. The number of likely N-dealkylation sites (tertiary alicyclic amines) is 1. The highest BCUT2D eigenvalue weighted by molar-refractivity contribution is 5.83. The number of aromatic amines is 1. The first-order chi connectivity index (χ1) is 15.0. The molecule has 1 unspecified atom stereocenters. The van der Waals surface area contributed by atoms with Gasteiger partial charge in [0.05, 0.1) is 11.6 Å². The van der Waals surface area contributed by atoms with Crippen molar-refractivity contribution in [2.45, 2.75) is 71.4 Å². The summed E-state index contributed by atoms with van der Waals surface area (Å²) in [5.74, 6) is 1.53. The van der Waals surface area contributed by atoms with E-state index in [4.69, 9.17) is 0 Å². The number of H-pyrrole nitrogens is 1. The van der Waals surface area contributed by atoms with Crippen molar-refractivity contribution >= 4 is 10.9 Å². The maximum absolute atomic E-state index is 13.4. The highest BCUT2D eigenvalue weighted by atomic mass is 16.1. The van der Waals surface area contributed by atoms with Gasteiger partial charge in [-0.1, -0.05) is 31.4 Å². The topological polar surface area (TPSA) is 79.7 Å². The largest absolute Gasteiger partial charge is 0.321 e. The first kappa shape index (κ1) is 20.4. The van der Waals surface area contributed by atoms with E-state index >= 15 is 0 Å². The predicted octanol–water partition coefficient (Wildman–Crippen LogP) is 4.07. The summed E-state index contributed by atoms with van der Waals surface area (Å²) in [5, 5.41) is 14.0. The molecule has 1 aromatic carbocycles. The quantitative estimate of drug-likeness (QED) is 0.688. The SMILES string of the molecule is Cc1cc(C)c2[nH]c(=O)c(C(c3nnnn3C3CCCC3)N3CCC(C)CC3)cc2c1. The molecule has 7 nitrogen and oxygen atoms in total. The fourth-order valence-corrected chi connectivity index (χ4v) is 5.48. The summed E-state index contributed by atoms with van der Waals surface area (Å²) < 4.78 is 2.01. The second kappa shape index (κ2) is 8.19. The van der Waals surface area contributed by atoms with Gasteiger partial charge in [0, 0.05) is 5.56 Å². The summed E-state index contributed by atoms with van der Waals surface area (Å²) in [4.78, 5) is 19.0. The smallest absolute Gasteiger partial charge is 0.253 e. The number of hydrogen-bond acceptors (Lipinski definition) is 5. The van der Waals surface area contributed by atoms with Crippen LogP contribution in [0.25, 0.3) is 10.9 Å². The van der Waals surface area contributed by atoms with Gasteiger partial charge in [-0.3, -0.25) is 9.69 Å². The lowest BCUT2D eigenvalue weighted by Gasteiger charge is -2.36. The van der Waals surface area contributed by atoms with Crippen LogP contribution in [0.4, 0.5) is 0 Å². The fraction of sp³-hybridized carbons (Fsp3) is 0.583. The number of tetrazole rings is 1. The lowest BCUT2D eigenvalue weighted by molar-refractivity contribution is 0.147. The summed E-state index contributed by atoms with van der Waals surface area (Å²) in [5.41, 5.74) is 3.92. The van der Waals surface area contributed by atoms with E-state index < -0.39 is 0 Å². The normalized spacial score (nSPS) is 20.0. The third kappa shape index (κ3) is 3.80. The lowest BCUT2D eigenvalue weighted by Crippen LogP contribution is -2.40. The summed E-state index contributed by atoms with van der Waals surface area (Å²) >= 11 is 0.